The Morgan fingerprint density at radius 2 is 1.86 bits per heavy atom. The van der Waals surface area contributed by atoms with Crippen LogP contribution in [-0.2, 0) is 20.9 Å². The SMILES string of the molecule is Cc1cccc(CN2CCN(C(=O)COC(=O)CCNc3ncccn3)CC2)c1. The summed E-state index contributed by atoms with van der Waals surface area (Å²) in [7, 11) is 0. The highest BCUT2D eigenvalue weighted by Gasteiger charge is 2.22. The molecule has 0 radical (unpaired) electrons. The van der Waals surface area contributed by atoms with Gasteiger partial charge in [-0.15, -0.1) is 0 Å². The fourth-order valence-corrected chi connectivity index (χ4v) is 3.20. The molecule has 3 rings (SSSR count). The van der Waals surface area contributed by atoms with Crippen LogP contribution < -0.4 is 5.32 Å². The summed E-state index contributed by atoms with van der Waals surface area (Å²) in [5, 5.41) is 2.93. The largest absolute Gasteiger partial charge is 0.456 e. The number of piperazine rings is 1. The van der Waals surface area contributed by atoms with E-state index in [1.165, 1.54) is 11.1 Å². The Kier molecular flexibility index (Phi) is 7.52. The smallest absolute Gasteiger partial charge is 0.308 e. The summed E-state index contributed by atoms with van der Waals surface area (Å²) in [6.07, 6.45) is 3.38. The maximum absolute atomic E-state index is 12.3. The zero-order valence-electron chi connectivity index (χ0n) is 16.7. The van der Waals surface area contributed by atoms with Crippen molar-refractivity contribution in [2.45, 2.75) is 19.9 Å². The van der Waals surface area contributed by atoms with E-state index in [0.29, 0.717) is 25.6 Å². The molecule has 1 fully saturated rings. The fourth-order valence-electron chi connectivity index (χ4n) is 3.20. The summed E-state index contributed by atoms with van der Waals surface area (Å²) in [5.74, 6) is -0.104. The average molecular weight is 397 g/mol. The van der Waals surface area contributed by atoms with Crippen LogP contribution in [0.2, 0.25) is 0 Å². The molecule has 1 N–H and O–H groups in total. The Hall–Kier alpha value is -3.00. The van der Waals surface area contributed by atoms with Crippen molar-refractivity contribution >= 4 is 17.8 Å². The lowest BCUT2D eigenvalue weighted by molar-refractivity contribution is -0.152. The Balaban J connectivity index is 1.31. The molecule has 0 unspecified atom stereocenters. The van der Waals surface area contributed by atoms with E-state index in [9.17, 15) is 9.59 Å². The predicted octanol–water partition coefficient (Wildman–Crippen LogP) is 1.47. The van der Waals surface area contributed by atoms with Gasteiger partial charge in [-0.25, -0.2) is 9.97 Å². The maximum atomic E-state index is 12.3. The quantitative estimate of drug-likeness (QED) is 0.675. The van der Waals surface area contributed by atoms with Crippen molar-refractivity contribution in [1.82, 2.24) is 19.8 Å². The molecule has 1 aromatic heterocycles. The molecule has 29 heavy (non-hydrogen) atoms. The van der Waals surface area contributed by atoms with Gasteiger partial charge in [0, 0.05) is 51.7 Å². The first-order valence-electron chi connectivity index (χ1n) is 9.82. The molecule has 1 aromatic carbocycles. The number of nitrogens with zero attached hydrogens (tertiary/aromatic N) is 4. The minimum Gasteiger partial charge on any atom is -0.456 e. The molecule has 1 saturated heterocycles. The lowest BCUT2D eigenvalue weighted by atomic mass is 10.1. The van der Waals surface area contributed by atoms with Gasteiger partial charge in [-0.1, -0.05) is 29.8 Å². The average Bonchev–Trinajstić information content (AvgIpc) is 2.73. The van der Waals surface area contributed by atoms with E-state index in [1.54, 1.807) is 23.4 Å². The van der Waals surface area contributed by atoms with Crippen LogP contribution in [0.25, 0.3) is 0 Å². The van der Waals surface area contributed by atoms with Crippen LogP contribution in [0, 0.1) is 6.92 Å². The molecule has 1 aliphatic heterocycles. The number of hydrogen-bond acceptors (Lipinski definition) is 7. The number of amides is 1. The summed E-state index contributed by atoms with van der Waals surface area (Å²) in [4.78, 5) is 36.2. The number of carbonyl (C=O) groups is 2. The second-order valence-corrected chi connectivity index (χ2v) is 7.06. The third-order valence-electron chi connectivity index (χ3n) is 4.75. The second kappa shape index (κ2) is 10.5. The number of carbonyl (C=O) groups excluding carboxylic acids is 2. The van der Waals surface area contributed by atoms with Gasteiger partial charge in [0.25, 0.3) is 5.91 Å². The molecular formula is C21H27N5O3. The van der Waals surface area contributed by atoms with Crippen LogP contribution in [-0.4, -0.2) is 71.0 Å². The number of ether oxygens (including phenoxy) is 1. The molecule has 0 atom stereocenters. The molecule has 0 spiro atoms. The van der Waals surface area contributed by atoms with Gasteiger partial charge in [0.15, 0.2) is 6.61 Å². The molecule has 154 valence electrons. The first-order valence-corrected chi connectivity index (χ1v) is 9.82. The standard InChI is InChI=1S/C21H27N5O3/c1-17-4-2-5-18(14-17)15-25-10-12-26(13-11-25)19(27)16-29-20(28)6-9-24-21-22-7-3-8-23-21/h2-5,7-8,14H,6,9-13,15-16H2,1H3,(H,22,23,24). The van der Waals surface area contributed by atoms with Gasteiger partial charge in [0.1, 0.15) is 0 Å². The van der Waals surface area contributed by atoms with Crippen molar-refractivity contribution in [2.24, 2.45) is 0 Å². The molecule has 1 amide bonds. The minimum atomic E-state index is -0.417. The first kappa shape index (κ1) is 20.7. The molecule has 0 saturated carbocycles. The summed E-state index contributed by atoms with van der Waals surface area (Å²) >= 11 is 0. The molecule has 8 nitrogen and oxygen atoms in total. The van der Waals surface area contributed by atoms with Crippen LogP contribution in [0.3, 0.4) is 0 Å². The van der Waals surface area contributed by atoms with Gasteiger partial charge < -0.3 is 15.0 Å². The third kappa shape index (κ3) is 6.83. The summed E-state index contributed by atoms with van der Waals surface area (Å²) in [5.41, 5.74) is 2.54. The molecular weight excluding hydrogens is 370 g/mol. The second-order valence-electron chi connectivity index (χ2n) is 7.06. The number of nitrogens with one attached hydrogen (secondary N) is 1. The highest BCUT2D eigenvalue weighted by molar-refractivity contribution is 5.80. The van der Waals surface area contributed by atoms with Crippen LogP contribution in [0.1, 0.15) is 17.5 Å². The molecule has 0 bridgehead atoms. The Bertz CT molecular complexity index is 807. The number of rotatable bonds is 8. The Labute approximate surface area is 170 Å². The Morgan fingerprint density at radius 1 is 1.10 bits per heavy atom. The third-order valence-corrected chi connectivity index (χ3v) is 4.75. The zero-order chi connectivity index (χ0) is 20.5. The topological polar surface area (TPSA) is 87.7 Å². The number of benzene rings is 1. The van der Waals surface area contributed by atoms with Crippen LogP contribution in [0.15, 0.2) is 42.7 Å². The number of esters is 1. The molecule has 8 heteroatoms. The van der Waals surface area contributed by atoms with Gasteiger partial charge in [-0.2, -0.15) is 0 Å². The van der Waals surface area contributed by atoms with E-state index < -0.39 is 5.97 Å². The van der Waals surface area contributed by atoms with E-state index in [2.05, 4.69) is 51.4 Å². The highest BCUT2D eigenvalue weighted by atomic mass is 16.5. The highest BCUT2D eigenvalue weighted by Crippen LogP contribution is 2.10. The van der Waals surface area contributed by atoms with Crippen molar-refractivity contribution < 1.29 is 14.3 Å². The lowest BCUT2D eigenvalue weighted by Gasteiger charge is -2.34. The number of anilines is 1. The van der Waals surface area contributed by atoms with Crippen molar-refractivity contribution in [3.05, 3.63) is 53.9 Å². The van der Waals surface area contributed by atoms with Crippen molar-refractivity contribution in [3.63, 3.8) is 0 Å². The first-order chi connectivity index (χ1) is 14.1. The number of aryl methyl sites for hydroxylation is 1. The van der Waals surface area contributed by atoms with Gasteiger partial charge in [-0.05, 0) is 18.6 Å². The minimum absolute atomic E-state index is 0.145. The molecule has 2 aromatic rings. The van der Waals surface area contributed by atoms with Crippen molar-refractivity contribution in [2.75, 3.05) is 44.6 Å². The van der Waals surface area contributed by atoms with Gasteiger partial charge in [0.2, 0.25) is 5.95 Å². The van der Waals surface area contributed by atoms with Crippen LogP contribution >= 0.6 is 0 Å². The van der Waals surface area contributed by atoms with E-state index in [1.807, 2.05) is 0 Å². The van der Waals surface area contributed by atoms with Crippen LogP contribution in [0.4, 0.5) is 5.95 Å². The molecule has 0 aliphatic carbocycles. The predicted molar refractivity (Wildman–Crippen MR) is 109 cm³/mol. The van der Waals surface area contributed by atoms with E-state index in [-0.39, 0.29) is 18.9 Å². The summed E-state index contributed by atoms with van der Waals surface area (Å²) < 4.78 is 5.11. The van der Waals surface area contributed by atoms with Crippen molar-refractivity contribution in [3.8, 4) is 0 Å². The van der Waals surface area contributed by atoms with Gasteiger partial charge in [0.05, 0.1) is 6.42 Å². The van der Waals surface area contributed by atoms with Gasteiger partial charge in [-0.3, -0.25) is 14.5 Å². The number of hydrogen-bond donors (Lipinski definition) is 1. The fraction of sp³-hybridized carbons (Fsp3) is 0.429. The van der Waals surface area contributed by atoms with E-state index >= 15 is 0 Å². The normalized spacial score (nSPS) is 14.4. The van der Waals surface area contributed by atoms with Crippen LogP contribution in [0.5, 0.6) is 0 Å². The molecule has 1 aliphatic rings. The Morgan fingerprint density at radius 3 is 2.59 bits per heavy atom. The van der Waals surface area contributed by atoms with E-state index in [4.69, 9.17) is 4.74 Å². The maximum Gasteiger partial charge on any atom is 0.308 e. The summed E-state index contributed by atoms with van der Waals surface area (Å²) in [6.45, 7) is 6.05. The number of aromatic nitrogens is 2. The zero-order valence-corrected chi connectivity index (χ0v) is 16.7. The van der Waals surface area contributed by atoms with Gasteiger partial charge >= 0.3 is 5.97 Å². The lowest BCUT2D eigenvalue weighted by Crippen LogP contribution is -2.49. The summed E-state index contributed by atoms with van der Waals surface area (Å²) in [6, 6.07) is 10.2. The van der Waals surface area contributed by atoms with E-state index in [0.717, 1.165) is 19.6 Å². The van der Waals surface area contributed by atoms with Crippen molar-refractivity contribution in [1.29, 1.82) is 0 Å². The monoisotopic (exact) mass is 397 g/mol. The molecule has 2 heterocycles.